The molecule has 70 valence electrons. The third-order valence-corrected chi connectivity index (χ3v) is 3.38. The van der Waals surface area contributed by atoms with E-state index in [9.17, 15) is 18.0 Å². The van der Waals surface area contributed by atoms with Crippen molar-refractivity contribution >= 4 is 21.4 Å². The molecule has 0 atom stereocenters. The first-order valence-electron chi connectivity index (χ1n) is 3.68. The molecule has 0 aromatic rings. The molecule has 0 fully saturated rings. The van der Waals surface area contributed by atoms with Crippen molar-refractivity contribution in [1.29, 1.82) is 0 Å². The highest BCUT2D eigenvalue weighted by atomic mass is 32.2. The molecule has 0 saturated carbocycles. The van der Waals surface area contributed by atoms with Crippen molar-refractivity contribution in [3.63, 3.8) is 0 Å². The monoisotopic (exact) mass is 200 g/mol. The third kappa shape index (κ3) is 1.92. The van der Waals surface area contributed by atoms with Crippen molar-refractivity contribution < 1.29 is 18.0 Å². The summed E-state index contributed by atoms with van der Waals surface area (Å²) in [5.41, 5.74) is 0. The predicted octanol–water partition coefficient (Wildman–Crippen LogP) is 0.0130. The van der Waals surface area contributed by atoms with E-state index >= 15 is 0 Å². The lowest BCUT2D eigenvalue weighted by atomic mass is 10.2. The van der Waals surface area contributed by atoms with Crippen LogP contribution in [0.2, 0.25) is 0 Å². The number of carbonyl (C=O) groups is 2. The zero-order valence-electron chi connectivity index (χ0n) is 6.98. The van der Waals surface area contributed by atoms with Gasteiger partial charge < -0.3 is 0 Å². The van der Waals surface area contributed by atoms with Gasteiger partial charge in [-0.1, -0.05) is 6.92 Å². The van der Waals surface area contributed by atoms with E-state index in [4.69, 9.17) is 0 Å². The van der Waals surface area contributed by atoms with E-state index in [0.29, 0.717) is 0 Å². The number of hydrogen-bond acceptors (Lipinski definition) is 4. The van der Waals surface area contributed by atoms with E-state index < -0.39 is 26.3 Å². The molecule has 0 amide bonds. The van der Waals surface area contributed by atoms with Crippen LogP contribution >= 0.6 is 0 Å². The molecule has 0 spiro atoms. The summed E-state index contributed by atoms with van der Waals surface area (Å²) in [6.45, 7) is 1.42. The highest BCUT2D eigenvalue weighted by Crippen LogP contribution is 2.13. The molecule has 0 bridgehead atoms. The van der Waals surface area contributed by atoms with Crippen LogP contribution in [0.1, 0.15) is 6.92 Å². The maximum atomic E-state index is 11.2. The third-order valence-electron chi connectivity index (χ3n) is 1.63. The molecule has 0 aliphatic heterocycles. The van der Waals surface area contributed by atoms with E-state index in [0.717, 1.165) is 18.2 Å². The van der Waals surface area contributed by atoms with Gasteiger partial charge in [0, 0.05) is 6.08 Å². The van der Waals surface area contributed by atoms with Crippen molar-refractivity contribution in [1.82, 2.24) is 0 Å². The van der Waals surface area contributed by atoms with Crippen molar-refractivity contribution in [3.05, 3.63) is 23.1 Å². The Bertz CT molecular complexity index is 411. The van der Waals surface area contributed by atoms with Crippen LogP contribution in [0.3, 0.4) is 0 Å². The average molecular weight is 200 g/mol. The Kier molecular flexibility index (Phi) is 2.47. The molecule has 0 aromatic carbocycles. The number of ketones is 2. The SMILES string of the molecule is CCS(=O)(=O)C1=CC(=O)C=CC1=O. The van der Waals surface area contributed by atoms with Crippen LogP contribution in [0.4, 0.5) is 0 Å². The summed E-state index contributed by atoms with van der Waals surface area (Å²) in [7, 11) is -3.56. The smallest absolute Gasteiger partial charge is 0.197 e. The van der Waals surface area contributed by atoms with E-state index in [2.05, 4.69) is 0 Å². The van der Waals surface area contributed by atoms with Crippen LogP contribution in [0.25, 0.3) is 0 Å². The standard InChI is InChI=1S/C8H8O4S/c1-2-13(11,12)8-5-6(9)3-4-7(8)10/h3-5H,2H2,1H3. The molecule has 0 aromatic heterocycles. The van der Waals surface area contributed by atoms with Crippen LogP contribution in [-0.2, 0) is 19.4 Å². The first-order valence-corrected chi connectivity index (χ1v) is 5.33. The molecular formula is C8H8O4S. The zero-order chi connectivity index (χ0) is 10.1. The van der Waals surface area contributed by atoms with Gasteiger partial charge in [-0.05, 0) is 12.2 Å². The fourth-order valence-electron chi connectivity index (χ4n) is 0.887. The molecule has 1 aliphatic rings. The summed E-state index contributed by atoms with van der Waals surface area (Å²) in [5, 5.41) is 0. The largest absolute Gasteiger partial charge is 0.290 e. The number of sulfone groups is 1. The lowest BCUT2D eigenvalue weighted by molar-refractivity contribution is -0.114. The summed E-state index contributed by atoms with van der Waals surface area (Å²) >= 11 is 0. The van der Waals surface area contributed by atoms with Crippen molar-refractivity contribution in [2.75, 3.05) is 5.75 Å². The Morgan fingerprint density at radius 2 is 1.85 bits per heavy atom. The summed E-state index contributed by atoms with van der Waals surface area (Å²) in [4.78, 5) is 21.5. The van der Waals surface area contributed by atoms with Crippen LogP contribution in [0, 0.1) is 0 Å². The van der Waals surface area contributed by atoms with Gasteiger partial charge in [0.25, 0.3) is 0 Å². The van der Waals surface area contributed by atoms with Gasteiger partial charge in [-0.3, -0.25) is 9.59 Å². The van der Waals surface area contributed by atoms with Crippen molar-refractivity contribution in [2.45, 2.75) is 6.92 Å². The average Bonchev–Trinajstić information content (AvgIpc) is 2.09. The van der Waals surface area contributed by atoms with Crippen molar-refractivity contribution in [2.24, 2.45) is 0 Å². The fourth-order valence-corrected chi connectivity index (χ4v) is 1.87. The lowest BCUT2D eigenvalue weighted by Gasteiger charge is -2.05. The van der Waals surface area contributed by atoms with E-state index in [-0.39, 0.29) is 5.75 Å². The Labute approximate surface area is 75.9 Å². The molecule has 0 unspecified atom stereocenters. The number of hydrogen-bond donors (Lipinski definition) is 0. The van der Waals surface area contributed by atoms with E-state index in [1.165, 1.54) is 6.92 Å². The minimum Gasteiger partial charge on any atom is -0.290 e. The van der Waals surface area contributed by atoms with Gasteiger partial charge in [0.2, 0.25) is 0 Å². The van der Waals surface area contributed by atoms with Gasteiger partial charge in [0.1, 0.15) is 4.91 Å². The zero-order valence-corrected chi connectivity index (χ0v) is 7.80. The predicted molar refractivity (Wildman–Crippen MR) is 46.7 cm³/mol. The Morgan fingerprint density at radius 3 is 2.38 bits per heavy atom. The lowest BCUT2D eigenvalue weighted by Crippen LogP contribution is -2.17. The van der Waals surface area contributed by atoms with Gasteiger partial charge >= 0.3 is 0 Å². The van der Waals surface area contributed by atoms with Crippen LogP contribution in [0.15, 0.2) is 23.1 Å². The maximum absolute atomic E-state index is 11.2. The topological polar surface area (TPSA) is 68.3 Å². The highest BCUT2D eigenvalue weighted by molar-refractivity contribution is 7.96. The summed E-state index contributed by atoms with van der Waals surface area (Å²) in [6.07, 6.45) is 2.89. The summed E-state index contributed by atoms with van der Waals surface area (Å²) in [5.74, 6) is -1.26. The highest BCUT2D eigenvalue weighted by Gasteiger charge is 2.24. The first kappa shape index (κ1) is 9.85. The van der Waals surface area contributed by atoms with Gasteiger partial charge in [0.05, 0.1) is 5.75 Å². The first-order chi connectivity index (χ1) is 5.97. The van der Waals surface area contributed by atoms with Gasteiger partial charge in [-0.25, -0.2) is 8.42 Å². The Morgan fingerprint density at radius 1 is 1.23 bits per heavy atom. The van der Waals surface area contributed by atoms with Gasteiger partial charge in [0.15, 0.2) is 21.4 Å². The molecule has 5 heteroatoms. The molecule has 0 saturated heterocycles. The second-order valence-electron chi connectivity index (χ2n) is 2.51. The van der Waals surface area contributed by atoms with Crippen LogP contribution in [-0.4, -0.2) is 25.7 Å². The Hall–Kier alpha value is -1.23. The minimum absolute atomic E-state index is 0.175. The minimum atomic E-state index is -3.56. The molecule has 1 aliphatic carbocycles. The van der Waals surface area contributed by atoms with E-state index in [1.54, 1.807) is 0 Å². The maximum Gasteiger partial charge on any atom is 0.197 e. The number of rotatable bonds is 2. The summed E-state index contributed by atoms with van der Waals surface area (Å²) < 4.78 is 22.5. The molecule has 1 rings (SSSR count). The van der Waals surface area contributed by atoms with Gasteiger partial charge in [-0.2, -0.15) is 0 Å². The molecular weight excluding hydrogens is 192 g/mol. The molecule has 13 heavy (non-hydrogen) atoms. The second-order valence-corrected chi connectivity index (χ2v) is 4.76. The molecule has 4 nitrogen and oxygen atoms in total. The molecule has 0 heterocycles. The summed E-state index contributed by atoms with van der Waals surface area (Å²) in [6, 6.07) is 0. The fraction of sp³-hybridized carbons (Fsp3) is 0.250. The van der Waals surface area contributed by atoms with Crippen LogP contribution < -0.4 is 0 Å². The number of carbonyl (C=O) groups excluding carboxylic acids is 2. The quantitative estimate of drug-likeness (QED) is 0.589. The van der Waals surface area contributed by atoms with Gasteiger partial charge in [-0.15, -0.1) is 0 Å². The number of allylic oxidation sites excluding steroid dienone is 4. The van der Waals surface area contributed by atoms with Crippen molar-refractivity contribution in [3.8, 4) is 0 Å². The second kappa shape index (κ2) is 3.26. The molecule has 0 radical (unpaired) electrons. The van der Waals surface area contributed by atoms with Crippen LogP contribution in [0.5, 0.6) is 0 Å². The Balaban J connectivity index is 3.20. The molecule has 0 N–H and O–H groups in total. The normalized spacial score (nSPS) is 17.5. The van der Waals surface area contributed by atoms with E-state index in [1.807, 2.05) is 0 Å².